The Kier molecular flexibility index (Phi) is 3.83. The Morgan fingerprint density at radius 2 is 1.96 bits per heavy atom. The zero-order chi connectivity index (χ0) is 15.8. The molecule has 4 rings (SSSR count). The average molecular weight is 373 g/mol. The molecule has 2 aromatic carbocycles. The van der Waals surface area contributed by atoms with Gasteiger partial charge in [-0.1, -0.05) is 40.2 Å². The van der Waals surface area contributed by atoms with Gasteiger partial charge in [-0.2, -0.15) is 0 Å². The van der Waals surface area contributed by atoms with E-state index in [-0.39, 0.29) is 0 Å². The fraction of sp³-hybridized carbons (Fsp3) is 0.278. The van der Waals surface area contributed by atoms with Crippen LogP contribution in [0.15, 0.2) is 53.0 Å². The van der Waals surface area contributed by atoms with Crippen LogP contribution in [0.1, 0.15) is 18.1 Å². The lowest BCUT2D eigenvalue weighted by Crippen LogP contribution is -2.42. The van der Waals surface area contributed by atoms with Crippen molar-refractivity contribution in [2.24, 2.45) is 0 Å². The van der Waals surface area contributed by atoms with Gasteiger partial charge in [0, 0.05) is 10.9 Å². The first-order chi connectivity index (χ1) is 11.2. The van der Waals surface area contributed by atoms with Crippen molar-refractivity contribution < 1.29 is 9.67 Å². The van der Waals surface area contributed by atoms with Gasteiger partial charge in [-0.25, -0.2) is 9.13 Å². The third kappa shape index (κ3) is 2.64. The molecule has 2 N–H and O–H groups in total. The second kappa shape index (κ2) is 5.98. The van der Waals surface area contributed by atoms with E-state index < -0.39 is 6.10 Å². The normalized spacial score (nSPS) is 15.2. The van der Waals surface area contributed by atoms with Crippen molar-refractivity contribution in [3.05, 3.63) is 58.6 Å². The highest BCUT2D eigenvalue weighted by Crippen LogP contribution is 2.25. The first kappa shape index (κ1) is 14.7. The van der Waals surface area contributed by atoms with Crippen molar-refractivity contribution >= 4 is 32.9 Å². The van der Waals surface area contributed by atoms with Gasteiger partial charge in [0.2, 0.25) is 0 Å². The molecule has 118 valence electrons. The fourth-order valence-corrected chi connectivity index (χ4v) is 3.56. The molecule has 5 heteroatoms. The van der Waals surface area contributed by atoms with Crippen molar-refractivity contribution in [3.63, 3.8) is 0 Å². The Labute approximate surface area is 143 Å². The van der Waals surface area contributed by atoms with Gasteiger partial charge in [-0.3, -0.25) is 5.32 Å². The van der Waals surface area contributed by atoms with E-state index >= 15 is 0 Å². The lowest BCUT2D eigenvalue weighted by Gasteiger charge is -2.14. The Morgan fingerprint density at radius 3 is 2.78 bits per heavy atom. The molecule has 0 bridgehead atoms. The van der Waals surface area contributed by atoms with Crippen LogP contribution in [-0.2, 0) is 13.1 Å². The monoisotopic (exact) mass is 372 g/mol. The molecule has 1 aliphatic heterocycles. The standard InChI is InChI=1S/C18H18BrN3O/c19-14-8-6-13(7-9-14)17(23)12-22-16-5-2-1-4-15(16)21-11-3-10-20-18(21)22/h1-2,4-9,17,23H,3,10-12H2/p+1/t17-/m1/s1. The van der Waals surface area contributed by atoms with Crippen molar-refractivity contribution in [3.8, 4) is 0 Å². The molecule has 0 radical (unpaired) electrons. The molecule has 0 saturated heterocycles. The number of benzene rings is 2. The predicted octanol–water partition coefficient (Wildman–Crippen LogP) is 3.24. The number of aliphatic hydroxyl groups excluding tert-OH is 1. The van der Waals surface area contributed by atoms with E-state index in [0.717, 1.165) is 41.0 Å². The van der Waals surface area contributed by atoms with Crippen LogP contribution in [0.2, 0.25) is 0 Å². The predicted molar refractivity (Wildman–Crippen MR) is 94.3 cm³/mol. The largest absolute Gasteiger partial charge is 0.385 e. The maximum atomic E-state index is 10.7. The number of nitrogens with one attached hydrogen (secondary N) is 1. The highest BCUT2D eigenvalue weighted by Gasteiger charge is 2.27. The van der Waals surface area contributed by atoms with Gasteiger partial charge in [-0.15, -0.1) is 0 Å². The summed E-state index contributed by atoms with van der Waals surface area (Å²) in [5, 5.41) is 14.2. The summed E-state index contributed by atoms with van der Waals surface area (Å²) in [7, 11) is 0. The lowest BCUT2D eigenvalue weighted by molar-refractivity contribution is -0.661. The third-order valence-electron chi connectivity index (χ3n) is 4.43. The van der Waals surface area contributed by atoms with Gasteiger partial charge in [0.05, 0.1) is 13.1 Å². The first-order valence-electron chi connectivity index (χ1n) is 7.92. The minimum absolute atomic E-state index is 0.535. The molecule has 0 fully saturated rings. The fourth-order valence-electron chi connectivity index (χ4n) is 3.30. The molecule has 2 heterocycles. The van der Waals surface area contributed by atoms with Gasteiger partial charge >= 0.3 is 5.95 Å². The quantitative estimate of drug-likeness (QED) is 0.692. The number of aliphatic hydroxyl groups is 1. The van der Waals surface area contributed by atoms with Crippen LogP contribution >= 0.6 is 15.9 Å². The molecule has 0 aliphatic carbocycles. The number of rotatable bonds is 3. The molecule has 0 amide bonds. The van der Waals surface area contributed by atoms with Crippen molar-refractivity contribution in [1.29, 1.82) is 0 Å². The number of aryl methyl sites for hydroxylation is 1. The summed E-state index contributed by atoms with van der Waals surface area (Å²) < 4.78 is 5.53. The zero-order valence-electron chi connectivity index (χ0n) is 12.7. The van der Waals surface area contributed by atoms with Crippen LogP contribution in [0.25, 0.3) is 11.0 Å². The molecule has 1 aliphatic rings. The van der Waals surface area contributed by atoms with E-state index in [2.05, 4.69) is 54.6 Å². The molecule has 1 atom stereocenters. The van der Waals surface area contributed by atoms with E-state index in [1.807, 2.05) is 24.3 Å². The highest BCUT2D eigenvalue weighted by molar-refractivity contribution is 9.10. The van der Waals surface area contributed by atoms with E-state index in [0.29, 0.717) is 6.54 Å². The number of hydrogen-bond donors (Lipinski definition) is 2. The van der Waals surface area contributed by atoms with Crippen LogP contribution < -0.4 is 9.88 Å². The smallest absolute Gasteiger partial charge is 0.358 e. The van der Waals surface area contributed by atoms with Crippen LogP contribution in [0.4, 0.5) is 5.95 Å². The number of hydrogen-bond acceptors (Lipinski definition) is 2. The molecule has 3 aromatic rings. The SMILES string of the molecule is O[C@H](Cn1c2[n+](c3ccccc31)CCCN2)c1ccc(Br)cc1. The summed E-state index contributed by atoms with van der Waals surface area (Å²) in [5.41, 5.74) is 3.31. The number of halogens is 1. The Balaban J connectivity index is 1.75. The van der Waals surface area contributed by atoms with E-state index in [1.165, 1.54) is 5.52 Å². The zero-order valence-corrected chi connectivity index (χ0v) is 14.3. The number of anilines is 1. The van der Waals surface area contributed by atoms with Gasteiger partial charge < -0.3 is 5.11 Å². The maximum Gasteiger partial charge on any atom is 0.358 e. The minimum Gasteiger partial charge on any atom is -0.385 e. The van der Waals surface area contributed by atoms with Crippen LogP contribution in [0.3, 0.4) is 0 Å². The van der Waals surface area contributed by atoms with E-state index in [1.54, 1.807) is 0 Å². The van der Waals surface area contributed by atoms with Crippen molar-refractivity contribution in [2.45, 2.75) is 25.6 Å². The Bertz CT molecular complexity index is 841. The van der Waals surface area contributed by atoms with Crippen molar-refractivity contribution in [2.75, 3.05) is 11.9 Å². The third-order valence-corrected chi connectivity index (χ3v) is 4.96. The van der Waals surface area contributed by atoms with E-state index in [4.69, 9.17) is 0 Å². The summed E-state index contributed by atoms with van der Waals surface area (Å²) in [5.74, 6) is 1.09. The second-order valence-electron chi connectivity index (χ2n) is 5.92. The molecule has 23 heavy (non-hydrogen) atoms. The van der Waals surface area contributed by atoms with Gasteiger partial charge in [0.25, 0.3) is 0 Å². The summed E-state index contributed by atoms with van der Waals surface area (Å²) in [6.07, 6.45) is 0.591. The Hall–Kier alpha value is -1.85. The summed E-state index contributed by atoms with van der Waals surface area (Å²) in [6, 6.07) is 16.3. The van der Waals surface area contributed by atoms with Crippen molar-refractivity contribution in [1.82, 2.24) is 4.57 Å². The van der Waals surface area contributed by atoms with Gasteiger partial charge in [0.15, 0.2) is 0 Å². The number of fused-ring (bicyclic) bond motifs is 3. The topological polar surface area (TPSA) is 41.1 Å². The summed E-state index contributed by atoms with van der Waals surface area (Å²) in [4.78, 5) is 0. The average Bonchev–Trinajstić information content (AvgIpc) is 2.90. The number of nitrogens with zero attached hydrogens (tertiary/aromatic N) is 2. The number of para-hydroxylation sites is 2. The first-order valence-corrected chi connectivity index (χ1v) is 8.72. The number of imidazole rings is 1. The summed E-state index contributed by atoms with van der Waals surface area (Å²) >= 11 is 3.44. The van der Waals surface area contributed by atoms with Gasteiger partial charge in [0.1, 0.15) is 23.7 Å². The minimum atomic E-state index is -0.535. The highest BCUT2D eigenvalue weighted by atomic mass is 79.9. The molecule has 1 aromatic heterocycles. The molecule has 0 spiro atoms. The number of aromatic nitrogens is 2. The second-order valence-corrected chi connectivity index (χ2v) is 6.84. The lowest BCUT2D eigenvalue weighted by atomic mass is 10.1. The molecule has 4 nitrogen and oxygen atoms in total. The molecule has 0 unspecified atom stereocenters. The summed E-state index contributed by atoms with van der Waals surface area (Å²) in [6.45, 7) is 2.53. The molecular formula is C18H19BrN3O+. The molecule has 0 saturated carbocycles. The maximum absolute atomic E-state index is 10.7. The van der Waals surface area contributed by atoms with Crippen LogP contribution in [0.5, 0.6) is 0 Å². The van der Waals surface area contributed by atoms with Gasteiger partial charge in [-0.05, 0) is 29.8 Å². The van der Waals surface area contributed by atoms with E-state index in [9.17, 15) is 5.11 Å². The van der Waals surface area contributed by atoms with Crippen LogP contribution in [0, 0.1) is 0 Å². The Morgan fingerprint density at radius 1 is 1.17 bits per heavy atom. The molecular weight excluding hydrogens is 354 g/mol. The van der Waals surface area contributed by atoms with Crippen LogP contribution in [-0.4, -0.2) is 16.2 Å².